The zero-order valence-corrected chi connectivity index (χ0v) is 17.4. The van der Waals surface area contributed by atoms with Gasteiger partial charge in [0.1, 0.15) is 5.00 Å². The average molecular weight is 409 g/mol. The Balaban J connectivity index is 1.87. The molecule has 2 heterocycles. The van der Waals surface area contributed by atoms with Crippen molar-refractivity contribution in [1.82, 2.24) is 5.27 Å². The Labute approximate surface area is 166 Å². The van der Waals surface area contributed by atoms with Crippen LogP contribution in [0.3, 0.4) is 0 Å². The first kappa shape index (κ1) is 20.3. The van der Waals surface area contributed by atoms with Crippen LogP contribution in [0.15, 0.2) is 15.5 Å². The van der Waals surface area contributed by atoms with Gasteiger partial charge < -0.3 is 10.1 Å². The Kier molecular flexibility index (Phi) is 5.74. The first-order chi connectivity index (χ1) is 13.2. The van der Waals surface area contributed by atoms with E-state index in [1.54, 1.807) is 6.92 Å². The summed E-state index contributed by atoms with van der Waals surface area (Å²) in [6.45, 7) is 8.60. The minimum atomic E-state index is -0.570. The van der Waals surface area contributed by atoms with Gasteiger partial charge in [-0.15, -0.1) is 11.3 Å². The maximum atomic E-state index is 12.6. The van der Waals surface area contributed by atoms with Gasteiger partial charge >= 0.3 is 11.6 Å². The SMILES string of the molecule is CCOC(=O)c1c(NC(=O)C[n+]2cc(=O)o[nH]2)sc2c1CCC(C(C)(C)C)C2. The normalized spacial score (nSPS) is 16.5. The van der Waals surface area contributed by atoms with Gasteiger partial charge in [0, 0.05) is 4.88 Å². The Morgan fingerprint density at radius 3 is 2.79 bits per heavy atom. The van der Waals surface area contributed by atoms with Gasteiger partial charge in [0.2, 0.25) is 0 Å². The number of hydrogen-bond acceptors (Lipinski definition) is 6. The number of aromatic amines is 1. The highest BCUT2D eigenvalue weighted by molar-refractivity contribution is 7.17. The molecule has 1 aliphatic carbocycles. The van der Waals surface area contributed by atoms with Crippen molar-refractivity contribution < 1.29 is 23.5 Å². The summed E-state index contributed by atoms with van der Waals surface area (Å²) in [7, 11) is 0. The van der Waals surface area contributed by atoms with Crippen LogP contribution in [0.4, 0.5) is 5.00 Å². The van der Waals surface area contributed by atoms with E-state index in [2.05, 4.69) is 35.9 Å². The molecule has 9 heteroatoms. The van der Waals surface area contributed by atoms with Crippen LogP contribution in [0.1, 0.15) is 54.9 Å². The number of carbonyl (C=O) groups excluding carboxylic acids is 2. The van der Waals surface area contributed by atoms with Crippen molar-refractivity contribution in [3.8, 4) is 0 Å². The summed E-state index contributed by atoms with van der Waals surface area (Å²) >= 11 is 1.44. The molecule has 0 saturated heterocycles. The van der Waals surface area contributed by atoms with Crippen LogP contribution in [0, 0.1) is 11.3 Å². The molecular formula is C19H26N3O5S+. The lowest BCUT2D eigenvalue weighted by molar-refractivity contribution is -0.750. The molecule has 1 amide bonds. The monoisotopic (exact) mass is 408 g/mol. The van der Waals surface area contributed by atoms with E-state index in [9.17, 15) is 14.4 Å². The summed E-state index contributed by atoms with van der Waals surface area (Å²) < 4.78 is 11.0. The number of fused-ring (bicyclic) bond motifs is 1. The van der Waals surface area contributed by atoms with Crippen LogP contribution < -0.4 is 15.6 Å². The molecule has 1 atom stereocenters. The number of nitrogens with one attached hydrogen (secondary N) is 2. The summed E-state index contributed by atoms with van der Waals surface area (Å²) in [5.74, 6) is -0.253. The molecule has 0 aliphatic heterocycles. The van der Waals surface area contributed by atoms with Gasteiger partial charge in [0.15, 0.2) is 0 Å². The third-order valence-corrected chi connectivity index (χ3v) is 6.23. The van der Waals surface area contributed by atoms with E-state index in [0.717, 1.165) is 35.9 Å². The molecule has 2 aromatic heterocycles. The van der Waals surface area contributed by atoms with E-state index < -0.39 is 11.6 Å². The van der Waals surface area contributed by atoms with Crippen molar-refractivity contribution in [3.63, 3.8) is 0 Å². The van der Waals surface area contributed by atoms with E-state index >= 15 is 0 Å². The lowest BCUT2D eigenvalue weighted by Gasteiger charge is -2.33. The molecular weight excluding hydrogens is 382 g/mol. The molecule has 0 bridgehead atoms. The van der Waals surface area contributed by atoms with Gasteiger partial charge in [-0.05, 0) is 48.4 Å². The number of nitrogens with zero attached hydrogens (tertiary/aromatic N) is 1. The fourth-order valence-corrected chi connectivity index (χ4v) is 4.85. The summed E-state index contributed by atoms with van der Waals surface area (Å²) in [4.78, 5) is 37.2. The molecule has 0 spiro atoms. The smallest absolute Gasteiger partial charge is 0.426 e. The van der Waals surface area contributed by atoms with Gasteiger partial charge in [-0.2, -0.15) is 0 Å². The van der Waals surface area contributed by atoms with Crippen molar-refractivity contribution in [3.05, 3.63) is 32.6 Å². The second-order valence-electron chi connectivity index (χ2n) is 8.05. The number of ether oxygens (including phenoxy) is 1. The Morgan fingerprint density at radius 1 is 1.43 bits per heavy atom. The number of thiophene rings is 1. The largest absolute Gasteiger partial charge is 0.462 e. The van der Waals surface area contributed by atoms with E-state index in [1.165, 1.54) is 16.0 Å². The predicted molar refractivity (Wildman–Crippen MR) is 103 cm³/mol. The second kappa shape index (κ2) is 7.90. The molecule has 152 valence electrons. The van der Waals surface area contributed by atoms with Crippen LogP contribution in [-0.2, 0) is 28.9 Å². The van der Waals surface area contributed by atoms with Crippen LogP contribution in [0.5, 0.6) is 0 Å². The standard InChI is InChI=1S/C19H25N3O5S/c1-5-26-18(25)16-12-7-6-11(19(2,3)4)8-13(12)28-17(16)20-14(23)9-22-10-15(24)27-21-22/h10-11H,5-9H2,1-4H3,(H-,20,21,23,24,25)/p+1. The average Bonchev–Trinajstić information content (AvgIpc) is 3.16. The minimum Gasteiger partial charge on any atom is -0.462 e. The number of H-pyrrole nitrogens is 1. The van der Waals surface area contributed by atoms with Gasteiger partial charge in [0.25, 0.3) is 18.6 Å². The topological polar surface area (TPSA) is 105 Å². The number of amides is 1. The molecule has 1 unspecified atom stereocenters. The summed E-state index contributed by atoms with van der Waals surface area (Å²) in [5.41, 5.74) is 1.07. The summed E-state index contributed by atoms with van der Waals surface area (Å²) in [6.07, 6.45) is 3.83. The van der Waals surface area contributed by atoms with E-state index in [1.807, 2.05) is 0 Å². The maximum absolute atomic E-state index is 12.6. The fourth-order valence-electron chi connectivity index (χ4n) is 3.51. The number of carbonyl (C=O) groups is 2. The van der Waals surface area contributed by atoms with Crippen LogP contribution in [0.25, 0.3) is 0 Å². The molecule has 3 rings (SSSR count). The predicted octanol–water partition coefficient (Wildman–Crippen LogP) is 2.28. The summed E-state index contributed by atoms with van der Waals surface area (Å²) in [6, 6.07) is 0. The highest BCUT2D eigenvalue weighted by atomic mass is 32.1. The van der Waals surface area contributed by atoms with Crippen LogP contribution in [0.2, 0.25) is 0 Å². The zero-order chi connectivity index (χ0) is 20.5. The second-order valence-corrected chi connectivity index (χ2v) is 9.16. The first-order valence-corrected chi connectivity index (χ1v) is 10.2. The van der Waals surface area contributed by atoms with Crippen molar-refractivity contribution in [2.24, 2.45) is 11.3 Å². The molecule has 28 heavy (non-hydrogen) atoms. The number of rotatable bonds is 5. The Hall–Kier alpha value is -2.42. The van der Waals surface area contributed by atoms with Crippen molar-refractivity contribution in [2.45, 2.75) is 53.5 Å². The van der Waals surface area contributed by atoms with Crippen molar-refractivity contribution in [2.75, 3.05) is 11.9 Å². The molecule has 8 nitrogen and oxygen atoms in total. The van der Waals surface area contributed by atoms with Gasteiger partial charge in [-0.3, -0.25) is 9.32 Å². The zero-order valence-electron chi connectivity index (χ0n) is 16.6. The highest BCUT2D eigenvalue weighted by Crippen LogP contribution is 2.44. The molecule has 1 aliphatic rings. The van der Waals surface area contributed by atoms with Crippen LogP contribution in [-0.4, -0.2) is 23.8 Å². The molecule has 0 aromatic carbocycles. The van der Waals surface area contributed by atoms with Gasteiger partial charge in [-0.1, -0.05) is 25.5 Å². The summed E-state index contributed by atoms with van der Waals surface area (Å²) in [5, 5.41) is 5.65. The maximum Gasteiger partial charge on any atom is 0.426 e. The number of aromatic nitrogens is 2. The minimum absolute atomic E-state index is 0.124. The lowest BCUT2D eigenvalue weighted by Crippen LogP contribution is -2.41. The molecule has 2 aromatic rings. The van der Waals surface area contributed by atoms with E-state index in [0.29, 0.717) is 16.5 Å². The Bertz CT molecular complexity index is 934. The Morgan fingerprint density at radius 2 is 2.18 bits per heavy atom. The number of hydrogen-bond donors (Lipinski definition) is 2. The number of anilines is 1. The number of esters is 1. The van der Waals surface area contributed by atoms with Gasteiger partial charge in [0.05, 0.1) is 12.2 Å². The molecule has 2 N–H and O–H groups in total. The lowest BCUT2D eigenvalue weighted by atomic mass is 9.72. The van der Waals surface area contributed by atoms with Crippen LogP contribution >= 0.6 is 11.3 Å². The molecule has 0 radical (unpaired) electrons. The van der Waals surface area contributed by atoms with E-state index in [-0.39, 0.29) is 24.5 Å². The van der Waals surface area contributed by atoms with E-state index in [4.69, 9.17) is 4.74 Å². The third-order valence-electron chi connectivity index (χ3n) is 5.06. The highest BCUT2D eigenvalue weighted by Gasteiger charge is 2.34. The van der Waals surface area contributed by atoms with Gasteiger partial charge in [-0.25, -0.2) is 9.59 Å². The van der Waals surface area contributed by atoms with Crippen molar-refractivity contribution in [1.29, 1.82) is 0 Å². The quantitative estimate of drug-likeness (QED) is 0.583. The fraction of sp³-hybridized carbons (Fsp3) is 0.579. The third kappa shape index (κ3) is 4.35. The molecule has 0 fully saturated rings. The first-order valence-electron chi connectivity index (χ1n) is 9.38. The van der Waals surface area contributed by atoms with Crippen molar-refractivity contribution >= 4 is 28.2 Å². The molecule has 0 saturated carbocycles.